The number of ketones is 1. The summed E-state index contributed by atoms with van der Waals surface area (Å²) in [5.41, 5.74) is 0.306. The number of aliphatic hydroxyl groups excluding tert-OH is 2. The zero-order chi connectivity index (χ0) is 19.3. The van der Waals surface area contributed by atoms with Crippen LogP contribution in [0.5, 0.6) is 11.5 Å². The molecule has 0 saturated carbocycles. The number of carbonyl (C=O) groups is 2. The van der Waals surface area contributed by atoms with Crippen LogP contribution in [0.25, 0.3) is 6.08 Å². The third-order valence-electron chi connectivity index (χ3n) is 3.95. The van der Waals surface area contributed by atoms with Crippen LogP contribution in [0, 0.1) is 0 Å². The molecule has 1 aliphatic heterocycles. The largest absolute Gasteiger partial charge is 0.507 e. The Hall–Kier alpha value is -1.59. The lowest BCUT2D eigenvalue weighted by Crippen LogP contribution is -2.32. The lowest BCUT2D eigenvalue weighted by molar-refractivity contribution is -0.127. The van der Waals surface area contributed by atoms with E-state index in [2.05, 4.69) is 0 Å². The Kier molecular flexibility index (Phi) is 13.9. The quantitative estimate of drug-likeness (QED) is 0.544. The van der Waals surface area contributed by atoms with Gasteiger partial charge in [-0.2, -0.15) is 40.5 Å². The van der Waals surface area contributed by atoms with Crippen LogP contribution in [0.4, 0.5) is 0 Å². The monoisotopic (exact) mass is 464 g/mol. The Bertz CT molecular complexity index is 750. The van der Waals surface area contributed by atoms with Gasteiger partial charge in [-0.1, -0.05) is 18.2 Å². The molecule has 0 saturated heterocycles. The Morgan fingerprint density at radius 2 is 1.66 bits per heavy atom. The van der Waals surface area contributed by atoms with Crippen LogP contribution in [-0.2, 0) is 9.53 Å². The Labute approximate surface area is 190 Å². The number of benzene rings is 1. The van der Waals surface area contributed by atoms with Gasteiger partial charge in [0.2, 0.25) is 0 Å². The van der Waals surface area contributed by atoms with Crippen LogP contribution >= 0.6 is 40.5 Å². The van der Waals surface area contributed by atoms with Crippen LogP contribution in [-0.4, -0.2) is 52.5 Å². The third-order valence-corrected chi connectivity index (χ3v) is 3.95. The Balaban J connectivity index is 0. The average Bonchev–Trinajstić information content (AvgIpc) is 2.59. The van der Waals surface area contributed by atoms with E-state index in [0.29, 0.717) is 11.3 Å². The first-order chi connectivity index (χ1) is 12.3. The van der Waals surface area contributed by atoms with Crippen molar-refractivity contribution in [3.05, 3.63) is 41.5 Å². The summed E-state index contributed by atoms with van der Waals surface area (Å²) in [7, 11) is 1.42. The van der Waals surface area contributed by atoms with Gasteiger partial charge in [-0.25, -0.2) is 4.79 Å². The number of methoxy groups -OCH3 is 1. The first kappa shape index (κ1) is 29.6. The Morgan fingerprint density at radius 1 is 1.03 bits per heavy atom. The van der Waals surface area contributed by atoms with Crippen molar-refractivity contribution in [1.82, 2.24) is 0 Å². The molecule has 0 bridgehead atoms. The fraction of sp³-hybridized carbons (Fsp3) is 0.368. The van der Waals surface area contributed by atoms with Gasteiger partial charge in [-0.3, -0.25) is 4.79 Å². The molecule has 0 spiro atoms. The number of aliphatic hydroxyl groups is 2. The number of phenolic OH excluding ortho intramolecular Hbond substituents is 1. The highest BCUT2D eigenvalue weighted by Gasteiger charge is 2.23. The average molecular weight is 465 g/mol. The number of hydrogen-bond donors (Lipinski definition) is 3. The second-order valence-electron chi connectivity index (χ2n) is 6.02. The van der Waals surface area contributed by atoms with Crippen molar-refractivity contribution >= 4 is 58.3 Å². The second kappa shape index (κ2) is 13.6. The maximum Gasteiger partial charge on any atom is 0.342 e. The van der Waals surface area contributed by atoms with Crippen molar-refractivity contribution in [3.63, 3.8) is 0 Å². The van der Waals surface area contributed by atoms with Gasteiger partial charge in [0, 0.05) is 12.5 Å². The van der Waals surface area contributed by atoms with Crippen LogP contribution in [0.15, 0.2) is 30.4 Å². The molecule has 10 heteroatoms. The molecule has 3 atom stereocenters. The molecule has 3 N–H and O–H groups in total. The molecule has 0 amide bonds. The molecule has 1 unspecified atom stereocenters. The van der Waals surface area contributed by atoms with Crippen molar-refractivity contribution < 1.29 is 34.4 Å². The number of esters is 1. The van der Waals surface area contributed by atoms with Gasteiger partial charge < -0.3 is 24.8 Å². The van der Waals surface area contributed by atoms with E-state index in [-0.39, 0.29) is 64.6 Å². The molecule has 1 aromatic carbocycles. The molecule has 0 radical (unpaired) electrons. The van der Waals surface area contributed by atoms with Crippen LogP contribution in [0.1, 0.15) is 35.7 Å². The van der Waals surface area contributed by atoms with E-state index in [9.17, 15) is 24.9 Å². The van der Waals surface area contributed by atoms with Gasteiger partial charge in [0.1, 0.15) is 29.3 Å². The smallest absolute Gasteiger partial charge is 0.342 e. The van der Waals surface area contributed by atoms with E-state index in [1.807, 2.05) is 0 Å². The number of fused-ring (bicyclic) bond motifs is 1. The van der Waals surface area contributed by atoms with Crippen molar-refractivity contribution in [2.45, 2.75) is 38.1 Å². The molecule has 29 heavy (non-hydrogen) atoms. The highest BCUT2D eigenvalue weighted by molar-refractivity contribution is 7.59. The van der Waals surface area contributed by atoms with E-state index in [0.717, 1.165) is 6.08 Å². The summed E-state index contributed by atoms with van der Waals surface area (Å²) in [6.07, 6.45) is 2.42. The molecule has 2 rings (SSSR count). The number of carbonyl (C=O) groups excluding carboxylic acids is 2. The lowest BCUT2D eigenvalue weighted by atomic mass is 10.0. The van der Waals surface area contributed by atoms with Gasteiger partial charge >= 0.3 is 5.97 Å². The molecule has 1 aliphatic rings. The molecule has 1 heterocycles. The van der Waals surface area contributed by atoms with E-state index in [1.54, 1.807) is 6.92 Å². The zero-order valence-corrected chi connectivity index (χ0v) is 19.1. The molecule has 1 aromatic rings. The van der Waals surface area contributed by atoms with Crippen molar-refractivity contribution in [3.8, 4) is 11.5 Å². The SMILES string of the molecule is COc1cc(O)c2c(c1)/C=C/C[C@H](O)[C@H](O)C(=O)/C=C\CC(C)OC2=O.S.S.S. The summed E-state index contributed by atoms with van der Waals surface area (Å²) in [4.78, 5) is 24.3. The number of hydrogen-bond acceptors (Lipinski definition) is 7. The normalized spacial score (nSPS) is 24.2. The topological polar surface area (TPSA) is 113 Å². The molecular weight excluding hydrogens is 436 g/mol. The van der Waals surface area contributed by atoms with Crippen molar-refractivity contribution in [2.24, 2.45) is 0 Å². The van der Waals surface area contributed by atoms with Gasteiger partial charge in [-0.15, -0.1) is 0 Å². The van der Waals surface area contributed by atoms with E-state index < -0.39 is 30.1 Å². The van der Waals surface area contributed by atoms with E-state index in [1.165, 1.54) is 37.5 Å². The minimum absolute atomic E-state index is 0. The number of aromatic hydroxyl groups is 1. The van der Waals surface area contributed by atoms with Crippen molar-refractivity contribution in [2.75, 3.05) is 7.11 Å². The Morgan fingerprint density at radius 3 is 2.28 bits per heavy atom. The minimum atomic E-state index is -1.55. The molecule has 0 aromatic heterocycles. The fourth-order valence-electron chi connectivity index (χ4n) is 2.51. The zero-order valence-electron chi connectivity index (χ0n) is 16.1. The summed E-state index contributed by atoms with van der Waals surface area (Å²) >= 11 is 0. The van der Waals surface area contributed by atoms with Gasteiger partial charge in [-0.05, 0) is 31.1 Å². The van der Waals surface area contributed by atoms with Gasteiger partial charge in [0.05, 0.1) is 13.2 Å². The predicted molar refractivity (Wildman–Crippen MR) is 125 cm³/mol. The highest BCUT2D eigenvalue weighted by atomic mass is 32.1. The van der Waals surface area contributed by atoms with E-state index in [4.69, 9.17) is 9.47 Å². The summed E-state index contributed by atoms with van der Waals surface area (Å²) in [5, 5.41) is 30.0. The summed E-state index contributed by atoms with van der Waals surface area (Å²) < 4.78 is 10.4. The second-order valence-corrected chi connectivity index (χ2v) is 6.02. The van der Waals surface area contributed by atoms with E-state index >= 15 is 0 Å². The van der Waals surface area contributed by atoms with Crippen LogP contribution in [0.2, 0.25) is 0 Å². The standard InChI is InChI=1S/C19H22O7.3H2S/c1-11-5-3-7-14(20)18(23)15(21)8-4-6-12-9-13(25-2)10-16(22)17(12)19(24)26-11;;;/h3-4,6-7,9-11,15,18,21-23H,5,8H2,1-2H3;3*1H2/b6-4+,7-3-;;;/t11?,15-,18+;;;/m0.../s1. The highest BCUT2D eigenvalue weighted by Crippen LogP contribution is 2.30. The summed E-state index contributed by atoms with van der Waals surface area (Å²) in [6, 6.07) is 2.84. The maximum absolute atomic E-state index is 12.4. The first-order valence-electron chi connectivity index (χ1n) is 8.18. The lowest BCUT2D eigenvalue weighted by Gasteiger charge is -2.16. The molecular formula is C19H28O7S3. The number of ether oxygens (including phenoxy) is 2. The van der Waals surface area contributed by atoms with Gasteiger partial charge in [0.25, 0.3) is 0 Å². The summed E-state index contributed by atoms with van der Waals surface area (Å²) in [6.45, 7) is 1.64. The predicted octanol–water partition coefficient (Wildman–Crippen LogP) is 1.94. The number of cyclic esters (lactones) is 1. The first-order valence-corrected chi connectivity index (χ1v) is 8.18. The number of rotatable bonds is 1. The maximum atomic E-state index is 12.4. The molecule has 0 aliphatic carbocycles. The van der Waals surface area contributed by atoms with Gasteiger partial charge in [0.15, 0.2) is 5.78 Å². The number of phenols is 1. The molecule has 0 fully saturated rings. The van der Waals surface area contributed by atoms with Crippen LogP contribution in [0.3, 0.4) is 0 Å². The molecule has 164 valence electrons. The van der Waals surface area contributed by atoms with Crippen molar-refractivity contribution in [1.29, 1.82) is 0 Å². The summed E-state index contributed by atoms with van der Waals surface area (Å²) in [5.74, 6) is -1.29. The molecule has 7 nitrogen and oxygen atoms in total. The van der Waals surface area contributed by atoms with Crippen LogP contribution < -0.4 is 4.74 Å². The third kappa shape index (κ3) is 7.98. The fourth-order valence-corrected chi connectivity index (χ4v) is 2.51. The minimum Gasteiger partial charge on any atom is -0.507 e.